The second-order valence-electron chi connectivity index (χ2n) is 8.23. The monoisotopic (exact) mass is 486 g/mol. The largest absolute Gasteiger partial charge is 0.481 e. The molecule has 10 heteroatoms. The highest BCUT2D eigenvalue weighted by molar-refractivity contribution is 6.04. The Morgan fingerprint density at radius 3 is 2.14 bits per heavy atom. The van der Waals surface area contributed by atoms with E-state index in [0.717, 1.165) is 29.8 Å². The lowest BCUT2D eigenvalue weighted by Crippen LogP contribution is -2.14. The van der Waals surface area contributed by atoms with Gasteiger partial charge in [-0.2, -0.15) is 13.2 Å². The predicted molar refractivity (Wildman–Crippen MR) is 126 cm³/mol. The topological polar surface area (TPSA) is 104 Å². The summed E-state index contributed by atoms with van der Waals surface area (Å²) >= 11 is 0. The second kappa shape index (κ2) is 10.5. The molecule has 0 aliphatic rings. The number of amides is 1. The van der Waals surface area contributed by atoms with Crippen LogP contribution in [0.1, 0.15) is 58.3 Å². The third-order valence-electron chi connectivity index (χ3n) is 5.25. The van der Waals surface area contributed by atoms with Crippen LogP contribution in [-0.4, -0.2) is 34.0 Å². The minimum atomic E-state index is -4.46. The molecule has 0 radical (unpaired) electrons. The van der Waals surface area contributed by atoms with Crippen molar-refractivity contribution in [2.75, 3.05) is 17.7 Å². The predicted octanol–water partition coefficient (Wildman–Crippen LogP) is 5.13. The molecule has 0 bridgehead atoms. The molecule has 1 heterocycles. The minimum Gasteiger partial charge on any atom is -0.481 e. The number of carboxylic acid groups (broad SMARTS) is 1. The summed E-state index contributed by atoms with van der Waals surface area (Å²) < 4.78 is 38.1. The number of aromatic nitrogens is 2. The number of anilines is 2. The average molecular weight is 486 g/mol. The lowest BCUT2D eigenvalue weighted by atomic mass is 10.0. The van der Waals surface area contributed by atoms with Gasteiger partial charge in [-0.15, -0.1) is 0 Å². The highest BCUT2D eigenvalue weighted by Crippen LogP contribution is 2.29. The number of hydrogen-bond donors (Lipinski definition) is 3. The maximum Gasteiger partial charge on any atom is 0.416 e. The van der Waals surface area contributed by atoms with Crippen LogP contribution in [0.15, 0.2) is 48.5 Å². The Balaban J connectivity index is 1.74. The standard InChI is InChI=1S/C25H25F3N4O3/c1-14(2)22-19(13-21(33)34)23(29-3)32-20(31-22)12-15-4-10-18(11-5-15)30-24(35)16-6-8-17(9-7-16)25(26,27)28/h4-11,14H,12-13H2,1-3H3,(H,30,35)(H,33,34)(H,29,31,32). The highest BCUT2D eigenvalue weighted by atomic mass is 19.4. The van der Waals surface area contributed by atoms with Gasteiger partial charge in [-0.25, -0.2) is 9.97 Å². The van der Waals surface area contributed by atoms with Gasteiger partial charge in [0.2, 0.25) is 0 Å². The maximum absolute atomic E-state index is 12.7. The molecule has 1 amide bonds. The Hall–Kier alpha value is -3.95. The van der Waals surface area contributed by atoms with Gasteiger partial charge in [-0.05, 0) is 47.9 Å². The Bertz CT molecular complexity index is 1210. The summed E-state index contributed by atoms with van der Waals surface area (Å²) in [5, 5.41) is 14.9. The first-order valence-electron chi connectivity index (χ1n) is 10.8. The number of nitrogens with zero attached hydrogens (tertiary/aromatic N) is 2. The van der Waals surface area contributed by atoms with Gasteiger partial charge in [0.1, 0.15) is 11.6 Å². The zero-order chi connectivity index (χ0) is 25.8. The zero-order valence-electron chi connectivity index (χ0n) is 19.4. The van der Waals surface area contributed by atoms with Crippen LogP contribution < -0.4 is 10.6 Å². The van der Waals surface area contributed by atoms with Gasteiger partial charge in [-0.1, -0.05) is 26.0 Å². The molecule has 1 aromatic heterocycles. The smallest absolute Gasteiger partial charge is 0.416 e. The Morgan fingerprint density at radius 2 is 1.63 bits per heavy atom. The number of hydrogen-bond acceptors (Lipinski definition) is 5. The van der Waals surface area contributed by atoms with E-state index in [4.69, 9.17) is 0 Å². The number of halogens is 3. The third-order valence-corrected chi connectivity index (χ3v) is 5.25. The first-order valence-corrected chi connectivity index (χ1v) is 10.8. The van der Waals surface area contributed by atoms with Crippen LogP contribution in [0.25, 0.3) is 0 Å². The first-order chi connectivity index (χ1) is 16.5. The molecule has 35 heavy (non-hydrogen) atoms. The van der Waals surface area contributed by atoms with Crippen LogP contribution in [-0.2, 0) is 23.8 Å². The molecule has 0 spiro atoms. The third kappa shape index (κ3) is 6.56. The second-order valence-corrected chi connectivity index (χ2v) is 8.23. The normalized spacial score (nSPS) is 11.4. The molecule has 0 aliphatic carbocycles. The number of nitrogens with one attached hydrogen (secondary N) is 2. The van der Waals surface area contributed by atoms with Gasteiger partial charge in [0, 0.05) is 30.3 Å². The van der Waals surface area contributed by atoms with Crippen molar-refractivity contribution in [1.29, 1.82) is 0 Å². The summed E-state index contributed by atoms with van der Waals surface area (Å²) in [6, 6.07) is 10.9. The molecule has 7 nitrogen and oxygen atoms in total. The van der Waals surface area contributed by atoms with Gasteiger partial charge in [0.25, 0.3) is 5.91 Å². The van der Waals surface area contributed by atoms with Gasteiger partial charge in [0.05, 0.1) is 17.7 Å². The summed E-state index contributed by atoms with van der Waals surface area (Å²) in [6.45, 7) is 3.87. The first kappa shape index (κ1) is 25.7. The number of carboxylic acids is 1. The molecular weight excluding hydrogens is 461 g/mol. The molecule has 0 fully saturated rings. The fraction of sp³-hybridized carbons (Fsp3) is 0.280. The molecular formula is C25H25F3N4O3. The quantitative estimate of drug-likeness (QED) is 0.408. The van der Waals surface area contributed by atoms with E-state index in [1.165, 1.54) is 0 Å². The number of carbonyl (C=O) groups excluding carboxylic acids is 1. The Morgan fingerprint density at radius 1 is 1.00 bits per heavy atom. The summed E-state index contributed by atoms with van der Waals surface area (Å²) in [4.78, 5) is 32.7. The van der Waals surface area contributed by atoms with E-state index in [9.17, 15) is 27.9 Å². The lowest BCUT2D eigenvalue weighted by molar-refractivity contribution is -0.138. The fourth-order valence-corrected chi connectivity index (χ4v) is 3.54. The SMILES string of the molecule is CNc1nc(Cc2ccc(NC(=O)c3ccc(C(F)(F)F)cc3)cc2)nc(C(C)C)c1CC(=O)O. The average Bonchev–Trinajstić information content (AvgIpc) is 2.80. The molecule has 0 unspecified atom stereocenters. The number of benzene rings is 2. The minimum absolute atomic E-state index is 0.000913. The number of carbonyl (C=O) groups is 2. The molecule has 3 rings (SSSR count). The molecule has 3 aromatic rings. The van der Waals surface area contributed by atoms with Crippen LogP contribution in [0.2, 0.25) is 0 Å². The van der Waals surface area contributed by atoms with Gasteiger partial charge < -0.3 is 15.7 Å². The van der Waals surface area contributed by atoms with Crippen LogP contribution in [0.3, 0.4) is 0 Å². The van der Waals surface area contributed by atoms with Crippen molar-refractivity contribution in [2.24, 2.45) is 0 Å². The van der Waals surface area contributed by atoms with E-state index in [2.05, 4.69) is 20.6 Å². The molecule has 0 atom stereocenters. The highest BCUT2D eigenvalue weighted by Gasteiger charge is 2.30. The van der Waals surface area contributed by atoms with Crippen molar-refractivity contribution in [2.45, 2.75) is 38.8 Å². The van der Waals surface area contributed by atoms with Crippen molar-refractivity contribution in [3.8, 4) is 0 Å². The molecule has 0 saturated carbocycles. The lowest BCUT2D eigenvalue weighted by Gasteiger charge is -2.16. The fourth-order valence-electron chi connectivity index (χ4n) is 3.54. The van der Waals surface area contributed by atoms with Gasteiger partial charge >= 0.3 is 12.1 Å². The Kier molecular flexibility index (Phi) is 7.73. The van der Waals surface area contributed by atoms with Crippen molar-refractivity contribution < 1.29 is 27.9 Å². The molecule has 0 saturated heterocycles. The summed E-state index contributed by atoms with van der Waals surface area (Å²) in [5.74, 6) is -0.492. The van der Waals surface area contributed by atoms with E-state index in [1.54, 1.807) is 31.3 Å². The molecule has 2 aromatic carbocycles. The van der Waals surface area contributed by atoms with Crippen LogP contribution in [0, 0.1) is 0 Å². The summed E-state index contributed by atoms with van der Waals surface area (Å²) in [6.07, 6.45) is -4.26. The number of aliphatic carboxylic acids is 1. The number of rotatable bonds is 8. The zero-order valence-corrected chi connectivity index (χ0v) is 19.4. The van der Waals surface area contributed by atoms with Crippen LogP contribution in [0.5, 0.6) is 0 Å². The van der Waals surface area contributed by atoms with E-state index in [1.807, 2.05) is 13.8 Å². The molecule has 0 aliphatic heterocycles. The maximum atomic E-state index is 12.7. The van der Waals surface area contributed by atoms with E-state index >= 15 is 0 Å². The summed E-state index contributed by atoms with van der Waals surface area (Å²) in [5.41, 5.74) is 1.86. The Labute approximate surface area is 200 Å². The van der Waals surface area contributed by atoms with Crippen molar-refractivity contribution in [1.82, 2.24) is 9.97 Å². The van der Waals surface area contributed by atoms with E-state index in [0.29, 0.717) is 35.0 Å². The van der Waals surface area contributed by atoms with Crippen molar-refractivity contribution in [3.05, 3.63) is 82.3 Å². The van der Waals surface area contributed by atoms with Crippen molar-refractivity contribution >= 4 is 23.4 Å². The summed E-state index contributed by atoms with van der Waals surface area (Å²) in [7, 11) is 1.68. The van der Waals surface area contributed by atoms with Crippen LogP contribution in [0.4, 0.5) is 24.7 Å². The van der Waals surface area contributed by atoms with E-state index < -0.39 is 23.6 Å². The molecule has 184 valence electrons. The van der Waals surface area contributed by atoms with Gasteiger partial charge in [0.15, 0.2) is 0 Å². The number of alkyl halides is 3. The van der Waals surface area contributed by atoms with Crippen molar-refractivity contribution in [3.63, 3.8) is 0 Å². The van der Waals surface area contributed by atoms with Gasteiger partial charge in [-0.3, -0.25) is 9.59 Å². The van der Waals surface area contributed by atoms with Crippen LogP contribution >= 0.6 is 0 Å². The molecule has 3 N–H and O–H groups in total. The van der Waals surface area contributed by atoms with E-state index in [-0.39, 0.29) is 17.9 Å².